The average molecular weight is 526 g/mol. The average Bonchev–Trinajstić information content (AvgIpc) is 2.73. The largest absolute Gasteiger partial charge is 0.494 e. The van der Waals surface area contributed by atoms with E-state index in [9.17, 15) is 9.59 Å². The van der Waals surface area contributed by atoms with Gasteiger partial charge < -0.3 is 4.74 Å². The van der Waals surface area contributed by atoms with Gasteiger partial charge in [0.25, 0.3) is 11.8 Å². The Hall–Kier alpha value is -1.70. The molecule has 0 aliphatic heterocycles. The molecular weight excluding hydrogens is 500 g/mol. The first-order valence-corrected chi connectivity index (χ1v) is 11.3. The van der Waals surface area contributed by atoms with E-state index >= 15 is 0 Å². The van der Waals surface area contributed by atoms with Crippen molar-refractivity contribution in [1.82, 2.24) is 5.01 Å². The maximum Gasteiger partial charge on any atom is 0.276 e. The minimum atomic E-state index is -0.591. The van der Waals surface area contributed by atoms with E-state index < -0.39 is 11.8 Å². The molecule has 0 fully saturated rings. The molecule has 5 nitrogen and oxygen atoms in total. The van der Waals surface area contributed by atoms with Crippen LogP contribution in [0.1, 0.15) is 66.2 Å². The van der Waals surface area contributed by atoms with Crippen molar-refractivity contribution in [3.8, 4) is 5.75 Å². The van der Waals surface area contributed by atoms with Gasteiger partial charge in [0.1, 0.15) is 5.75 Å². The maximum atomic E-state index is 12.6. The molecule has 2 aromatic carbocycles. The Morgan fingerprint density at radius 3 is 2.28 bits per heavy atom. The van der Waals surface area contributed by atoms with Crippen molar-refractivity contribution >= 4 is 43.7 Å². The number of carbonyl (C=O) groups excluding carboxylic acids is 2. The number of hydrogen-bond acceptors (Lipinski definition) is 4. The number of halogens is 2. The molecule has 0 aliphatic carbocycles. The molecule has 0 unspecified atom stereocenters. The summed E-state index contributed by atoms with van der Waals surface area (Å²) < 4.78 is 7.00. The zero-order valence-electron chi connectivity index (χ0n) is 16.5. The highest BCUT2D eigenvalue weighted by Crippen LogP contribution is 2.23. The zero-order chi connectivity index (χ0) is 21.2. The molecule has 0 saturated carbocycles. The van der Waals surface area contributed by atoms with Crippen LogP contribution in [0, 0.1) is 0 Å². The van der Waals surface area contributed by atoms with Gasteiger partial charge in [0, 0.05) is 14.5 Å². The smallest absolute Gasteiger partial charge is 0.276 e. The van der Waals surface area contributed by atoms with E-state index in [2.05, 4.69) is 38.8 Å². The van der Waals surface area contributed by atoms with Crippen molar-refractivity contribution < 1.29 is 14.3 Å². The molecule has 0 aliphatic rings. The third-order valence-corrected chi connectivity index (χ3v) is 5.65. The van der Waals surface area contributed by atoms with Gasteiger partial charge in [-0.15, -0.1) is 0 Å². The minimum Gasteiger partial charge on any atom is -0.494 e. The third-order valence-electron chi connectivity index (χ3n) is 4.46. The molecule has 0 bridgehead atoms. The van der Waals surface area contributed by atoms with Gasteiger partial charge in [0.15, 0.2) is 0 Å². The molecular formula is C22H26Br2N2O3. The second-order valence-corrected chi connectivity index (χ2v) is 8.52. The lowest BCUT2D eigenvalue weighted by Crippen LogP contribution is -2.42. The highest BCUT2D eigenvalue weighted by molar-refractivity contribution is 9.11. The van der Waals surface area contributed by atoms with E-state index in [4.69, 9.17) is 10.6 Å². The third kappa shape index (κ3) is 7.24. The topological polar surface area (TPSA) is 72.6 Å². The summed E-state index contributed by atoms with van der Waals surface area (Å²) in [4.78, 5) is 25.1. The molecule has 0 heterocycles. The fourth-order valence-corrected chi connectivity index (χ4v) is 3.57. The van der Waals surface area contributed by atoms with Gasteiger partial charge >= 0.3 is 0 Å². The van der Waals surface area contributed by atoms with Crippen LogP contribution in [-0.2, 0) is 0 Å². The van der Waals surface area contributed by atoms with Gasteiger partial charge in [-0.1, -0.05) is 55.0 Å². The molecule has 0 atom stereocenters. The Morgan fingerprint density at radius 1 is 0.931 bits per heavy atom. The molecule has 2 aromatic rings. The zero-order valence-corrected chi connectivity index (χ0v) is 19.7. The Bertz CT molecular complexity index is 825. The maximum absolute atomic E-state index is 12.6. The first-order chi connectivity index (χ1) is 13.9. The Morgan fingerprint density at radius 2 is 1.59 bits per heavy atom. The van der Waals surface area contributed by atoms with Crippen LogP contribution in [0.4, 0.5) is 0 Å². The number of nitrogens with zero attached hydrogens (tertiary/aromatic N) is 1. The molecule has 2 rings (SSSR count). The van der Waals surface area contributed by atoms with Crippen LogP contribution >= 0.6 is 31.9 Å². The number of nitrogens with two attached hydrogens (primary N) is 1. The number of rotatable bonds is 10. The Balaban J connectivity index is 1.89. The van der Waals surface area contributed by atoms with Crippen LogP contribution in [0.2, 0.25) is 0 Å². The lowest BCUT2D eigenvalue weighted by molar-refractivity contribution is 0.0615. The quantitative estimate of drug-likeness (QED) is 0.133. The summed E-state index contributed by atoms with van der Waals surface area (Å²) in [6, 6.07) is 11.8. The van der Waals surface area contributed by atoms with Crippen LogP contribution in [0.25, 0.3) is 0 Å². The summed E-state index contributed by atoms with van der Waals surface area (Å²) >= 11 is 6.62. The molecule has 156 valence electrons. The second kappa shape index (κ2) is 12.1. The molecule has 7 heteroatoms. The first kappa shape index (κ1) is 23.6. The van der Waals surface area contributed by atoms with Crippen LogP contribution in [-0.4, -0.2) is 23.4 Å². The number of carbonyl (C=O) groups is 2. The second-order valence-electron chi connectivity index (χ2n) is 6.75. The van der Waals surface area contributed by atoms with Gasteiger partial charge in [-0.3, -0.25) is 9.59 Å². The number of hydrogen-bond donors (Lipinski definition) is 1. The van der Waals surface area contributed by atoms with Crippen molar-refractivity contribution in [3.05, 3.63) is 62.5 Å². The summed E-state index contributed by atoms with van der Waals surface area (Å²) in [5.74, 6) is 5.32. The number of imide groups is 1. The van der Waals surface area contributed by atoms with E-state index in [1.807, 2.05) is 0 Å². The van der Waals surface area contributed by atoms with Crippen molar-refractivity contribution in [3.63, 3.8) is 0 Å². The van der Waals surface area contributed by atoms with Gasteiger partial charge in [0.05, 0.1) is 12.2 Å². The number of hydrazine groups is 1. The van der Waals surface area contributed by atoms with Gasteiger partial charge in [-0.25, -0.2) is 10.9 Å². The van der Waals surface area contributed by atoms with E-state index in [-0.39, 0.29) is 0 Å². The Labute approximate surface area is 188 Å². The van der Waals surface area contributed by atoms with E-state index in [0.29, 0.717) is 33.0 Å². The summed E-state index contributed by atoms with van der Waals surface area (Å²) in [5.41, 5.74) is 0.619. The molecule has 0 aromatic heterocycles. The normalized spacial score (nSPS) is 10.6. The monoisotopic (exact) mass is 524 g/mol. The van der Waals surface area contributed by atoms with E-state index in [1.54, 1.807) is 42.5 Å². The van der Waals surface area contributed by atoms with Crippen molar-refractivity contribution in [2.75, 3.05) is 6.61 Å². The van der Waals surface area contributed by atoms with Crippen LogP contribution < -0.4 is 10.6 Å². The van der Waals surface area contributed by atoms with Crippen LogP contribution in [0.3, 0.4) is 0 Å². The number of unbranched alkanes of at least 4 members (excludes halogenated alkanes) is 5. The number of benzene rings is 2. The standard InChI is InChI=1S/C22H26Br2N2O3/c1-2-3-4-5-6-7-14-29-18-11-8-16(9-12-18)21(27)26(25)22(28)19-15-17(23)10-13-20(19)24/h8-13,15H,2-7,14,25H2,1H3. The number of amides is 2. The van der Waals surface area contributed by atoms with Crippen LogP contribution in [0.5, 0.6) is 5.75 Å². The van der Waals surface area contributed by atoms with Crippen molar-refractivity contribution in [2.24, 2.45) is 5.84 Å². The van der Waals surface area contributed by atoms with E-state index in [1.165, 1.54) is 25.7 Å². The minimum absolute atomic E-state index is 0.300. The Kier molecular flexibility index (Phi) is 9.84. The highest BCUT2D eigenvalue weighted by Gasteiger charge is 2.23. The predicted molar refractivity (Wildman–Crippen MR) is 122 cm³/mol. The van der Waals surface area contributed by atoms with E-state index in [0.717, 1.165) is 17.3 Å². The lowest BCUT2D eigenvalue weighted by Gasteiger charge is -2.16. The van der Waals surface area contributed by atoms with Gasteiger partial charge in [-0.05, 0) is 64.8 Å². The summed E-state index contributed by atoms with van der Waals surface area (Å²) in [6.07, 6.45) is 7.21. The van der Waals surface area contributed by atoms with Gasteiger partial charge in [-0.2, -0.15) is 0 Å². The van der Waals surface area contributed by atoms with Crippen molar-refractivity contribution in [1.29, 1.82) is 0 Å². The lowest BCUT2D eigenvalue weighted by atomic mass is 10.1. The summed E-state index contributed by atoms with van der Waals surface area (Å²) in [7, 11) is 0. The molecule has 0 saturated heterocycles. The first-order valence-electron chi connectivity index (χ1n) is 9.75. The van der Waals surface area contributed by atoms with Gasteiger partial charge in [0.2, 0.25) is 0 Å². The fourth-order valence-electron chi connectivity index (χ4n) is 2.79. The molecule has 0 spiro atoms. The van der Waals surface area contributed by atoms with Crippen LogP contribution in [0.15, 0.2) is 51.4 Å². The SMILES string of the molecule is CCCCCCCCOc1ccc(C(=O)N(N)C(=O)c2cc(Br)ccc2Br)cc1. The summed E-state index contributed by atoms with van der Waals surface area (Å²) in [5, 5.41) is 0.624. The molecule has 2 N–H and O–H groups in total. The molecule has 0 radical (unpaired) electrons. The summed E-state index contributed by atoms with van der Waals surface area (Å²) in [6.45, 7) is 2.86. The molecule has 2 amide bonds. The predicted octanol–water partition coefficient (Wildman–Crippen LogP) is 6.11. The highest BCUT2D eigenvalue weighted by atomic mass is 79.9. The number of ether oxygens (including phenoxy) is 1. The van der Waals surface area contributed by atoms with Crippen molar-refractivity contribution in [2.45, 2.75) is 45.4 Å². The fraction of sp³-hybridized carbons (Fsp3) is 0.364. The molecule has 29 heavy (non-hydrogen) atoms.